The van der Waals surface area contributed by atoms with Crippen LogP contribution < -0.4 is 5.32 Å². The Bertz CT molecular complexity index is 1020. The molecule has 152 valence electrons. The lowest BCUT2D eigenvalue weighted by atomic mass is 9.96. The van der Waals surface area contributed by atoms with Crippen LogP contribution in [-0.4, -0.2) is 37.6 Å². The maximum Gasteiger partial charge on any atom is 0.239 e. The molecular weight excluding hydrogens is 402 g/mol. The molecule has 7 nitrogen and oxygen atoms in total. The molecule has 29 heavy (non-hydrogen) atoms. The molecule has 0 saturated heterocycles. The van der Waals surface area contributed by atoms with Gasteiger partial charge >= 0.3 is 0 Å². The van der Waals surface area contributed by atoms with Gasteiger partial charge in [0.15, 0.2) is 17.8 Å². The van der Waals surface area contributed by atoms with E-state index in [0.29, 0.717) is 29.8 Å². The van der Waals surface area contributed by atoms with Crippen molar-refractivity contribution >= 4 is 17.5 Å². The molecular formula is C19H19ClF2N6O. The Balaban J connectivity index is 1.71. The van der Waals surface area contributed by atoms with Crippen LogP contribution >= 0.6 is 11.6 Å². The second-order valence-electron chi connectivity index (χ2n) is 7.27. The number of benzene rings is 1. The summed E-state index contributed by atoms with van der Waals surface area (Å²) in [5.74, 6) is -2.01. The third kappa shape index (κ3) is 3.26. The van der Waals surface area contributed by atoms with Gasteiger partial charge in [0.1, 0.15) is 24.1 Å². The van der Waals surface area contributed by atoms with Gasteiger partial charge in [0.05, 0.1) is 12.7 Å². The first-order chi connectivity index (χ1) is 14.0. The first-order valence-electron chi connectivity index (χ1n) is 9.33. The van der Waals surface area contributed by atoms with Gasteiger partial charge in [-0.25, -0.2) is 8.78 Å². The second kappa shape index (κ2) is 7.69. The number of rotatable bonds is 4. The van der Waals surface area contributed by atoms with Gasteiger partial charge in [-0.2, -0.15) is 5.26 Å². The van der Waals surface area contributed by atoms with Crippen molar-refractivity contribution in [3.05, 3.63) is 46.0 Å². The van der Waals surface area contributed by atoms with Crippen molar-refractivity contribution in [2.75, 3.05) is 5.88 Å². The first kappa shape index (κ1) is 19.7. The predicted molar refractivity (Wildman–Crippen MR) is 99.7 cm³/mol. The summed E-state index contributed by atoms with van der Waals surface area (Å²) in [5, 5.41) is 20.3. The number of hydrogen-bond donors (Lipinski definition) is 1. The topological polar surface area (TPSA) is 86.8 Å². The molecule has 2 heterocycles. The molecule has 0 bridgehead atoms. The van der Waals surface area contributed by atoms with Crippen LogP contribution in [0.1, 0.15) is 40.7 Å². The van der Waals surface area contributed by atoms with Crippen molar-refractivity contribution in [2.24, 2.45) is 0 Å². The van der Waals surface area contributed by atoms with Crippen molar-refractivity contribution in [1.82, 2.24) is 25.0 Å². The fourth-order valence-corrected chi connectivity index (χ4v) is 4.39. The number of hydrogen-bond acceptors (Lipinski definition) is 5. The maximum atomic E-state index is 14.9. The second-order valence-corrected chi connectivity index (χ2v) is 7.54. The zero-order valence-electron chi connectivity index (χ0n) is 15.8. The Kier molecular flexibility index (Phi) is 5.23. The monoisotopic (exact) mass is 420 g/mol. The van der Waals surface area contributed by atoms with Crippen LogP contribution in [0.3, 0.4) is 0 Å². The number of fused-ring (bicyclic) bond motifs is 2. The Morgan fingerprint density at radius 1 is 1.41 bits per heavy atom. The molecule has 10 heteroatoms. The van der Waals surface area contributed by atoms with E-state index in [1.165, 1.54) is 11.2 Å². The number of nitriles is 1. The average Bonchev–Trinajstić information content (AvgIpc) is 3.40. The van der Waals surface area contributed by atoms with Gasteiger partial charge in [-0.3, -0.25) is 14.7 Å². The van der Waals surface area contributed by atoms with Crippen molar-refractivity contribution in [2.45, 2.75) is 51.5 Å². The molecule has 1 amide bonds. The van der Waals surface area contributed by atoms with Crippen molar-refractivity contribution in [3.63, 3.8) is 0 Å². The van der Waals surface area contributed by atoms with E-state index in [2.05, 4.69) is 21.6 Å². The number of nitrogens with zero attached hydrogens (tertiary/aromatic N) is 5. The van der Waals surface area contributed by atoms with Gasteiger partial charge in [0, 0.05) is 12.0 Å². The third-order valence-electron chi connectivity index (χ3n) is 5.76. The Labute approximate surface area is 171 Å². The lowest BCUT2D eigenvalue weighted by Crippen LogP contribution is -2.55. The summed E-state index contributed by atoms with van der Waals surface area (Å²) in [6.45, 7) is 1.60. The molecule has 2 unspecified atom stereocenters. The zero-order chi connectivity index (χ0) is 20.7. The molecule has 2 atom stereocenters. The van der Waals surface area contributed by atoms with Gasteiger partial charge in [-0.05, 0) is 42.9 Å². The molecule has 1 aromatic heterocycles. The van der Waals surface area contributed by atoms with E-state index < -0.39 is 29.9 Å². The van der Waals surface area contributed by atoms with Gasteiger partial charge in [-0.15, -0.1) is 21.8 Å². The van der Waals surface area contributed by atoms with E-state index in [9.17, 15) is 18.8 Å². The summed E-state index contributed by atoms with van der Waals surface area (Å²) in [7, 11) is 0. The zero-order valence-corrected chi connectivity index (χ0v) is 16.5. The largest absolute Gasteiger partial charge is 0.321 e. The minimum atomic E-state index is -0.925. The molecule has 2 aliphatic rings. The van der Waals surface area contributed by atoms with Crippen LogP contribution in [0.25, 0.3) is 0 Å². The summed E-state index contributed by atoms with van der Waals surface area (Å²) in [5.41, 5.74) is 2.07. The van der Waals surface area contributed by atoms with Crippen LogP contribution in [0.5, 0.6) is 0 Å². The van der Waals surface area contributed by atoms with Crippen LogP contribution in [0, 0.1) is 29.9 Å². The van der Waals surface area contributed by atoms with E-state index in [0.717, 1.165) is 12.0 Å². The summed E-state index contributed by atoms with van der Waals surface area (Å²) in [6, 6.07) is 2.08. The number of aromatic nitrogens is 3. The number of alkyl halides is 1. The summed E-state index contributed by atoms with van der Waals surface area (Å²) in [6.07, 6.45) is 2.24. The summed E-state index contributed by atoms with van der Waals surface area (Å²) >= 11 is 5.80. The smallest absolute Gasteiger partial charge is 0.239 e. The van der Waals surface area contributed by atoms with E-state index in [1.54, 1.807) is 11.5 Å². The van der Waals surface area contributed by atoms with E-state index >= 15 is 0 Å². The highest BCUT2D eigenvalue weighted by Crippen LogP contribution is 2.33. The maximum absolute atomic E-state index is 14.9. The van der Waals surface area contributed by atoms with Crippen LogP contribution in [0.4, 0.5) is 8.78 Å². The molecule has 0 fully saturated rings. The third-order valence-corrected chi connectivity index (χ3v) is 5.99. The van der Waals surface area contributed by atoms with Crippen molar-refractivity contribution < 1.29 is 13.6 Å². The first-order valence-corrected chi connectivity index (χ1v) is 9.87. The number of amides is 1. The lowest BCUT2D eigenvalue weighted by Gasteiger charge is -2.37. The number of halogens is 3. The van der Waals surface area contributed by atoms with Gasteiger partial charge in [0.2, 0.25) is 5.91 Å². The molecule has 0 spiro atoms. The quantitative estimate of drug-likeness (QED) is 0.765. The number of carbonyl (C=O) groups excluding carboxylic acids is 1. The fourth-order valence-electron chi connectivity index (χ4n) is 4.24. The van der Waals surface area contributed by atoms with Gasteiger partial charge in [0.25, 0.3) is 0 Å². The molecule has 1 aromatic carbocycles. The van der Waals surface area contributed by atoms with Crippen molar-refractivity contribution in [1.29, 1.82) is 5.26 Å². The number of nitrogens with one attached hydrogen (secondary N) is 1. The Morgan fingerprint density at radius 3 is 2.90 bits per heavy atom. The van der Waals surface area contributed by atoms with Crippen LogP contribution in [0.2, 0.25) is 0 Å². The summed E-state index contributed by atoms with van der Waals surface area (Å²) < 4.78 is 31.1. The SMILES string of the molecule is Cc1c(CN(C(=O)CCl)C2Cc3nncn3C(C#N)N2)c(F)c(F)c2c1CCC2. The Morgan fingerprint density at radius 2 is 2.17 bits per heavy atom. The van der Waals surface area contributed by atoms with Crippen molar-refractivity contribution in [3.8, 4) is 6.07 Å². The standard InChI is InChI=1S/C19H19ClF2N6O/c1-10-11-3-2-4-12(11)18(21)19(22)13(10)8-27(17(29)6-20)14-5-15-26-24-9-28(15)16(7-23)25-14/h9,14,16,25H,2-6,8H2,1H3. The molecule has 0 saturated carbocycles. The molecule has 1 N–H and O–H groups in total. The normalized spacial score (nSPS) is 20.1. The van der Waals surface area contributed by atoms with Gasteiger partial charge in [-0.1, -0.05) is 0 Å². The fraction of sp³-hybridized carbons (Fsp3) is 0.474. The Hall–Kier alpha value is -2.57. The molecule has 1 aliphatic carbocycles. The van der Waals surface area contributed by atoms with Crippen LogP contribution in [-0.2, 0) is 30.6 Å². The highest BCUT2D eigenvalue weighted by Gasteiger charge is 2.35. The average molecular weight is 421 g/mol. The van der Waals surface area contributed by atoms with E-state index in [-0.39, 0.29) is 24.4 Å². The lowest BCUT2D eigenvalue weighted by molar-refractivity contribution is -0.132. The molecule has 2 aromatic rings. The van der Waals surface area contributed by atoms with Gasteiger partial charge < -0.3 is 4.90 Å². The highest BCUT2D eigenvalue weighted by atomic mass is 35.5. The minimum Gasteiger partial charge on any atom is -0.321 e. The molecule has 0 radical (unpaired) electrons. The van der Waals surface area contributed by atoms with E-state index in [4.69, 9.17) is 11.6 Å². The molecule has 4 rings (SSSR count). The summed E-state index contributed by atoms with van der Waals surface area (Å²) in [4.78, 5) is 14.0. The van der Waals surface area contributed by atoms with E-state index in [1.807, 2.05) is 0 Å². The highest BCUT2D eigenvalue weighted by molar-refractivity contribution is 6.27. The predicted octanol–water partition coefficient (Wildman–Crippen LogP) is 2.12. The minimum absolute atomic E-state index is 0.143. The van der Waals surface area contributed by atoms with Crippen LogP contribution in [0.15, 0.2) is 6.33 Å². The molecule has 1 aliphatic heterocycles. The number of carbonyl (C=O) groups is 1.